The lowest BCUT2D eigenvalue weighted by Gasteiger charge is -2.23. The van der Waals surface area contributed by atoms with E-state index in [0.717, 1.165) is 31.7 Å². The smallest absolute Gasteiger partial charge is 0.171 e. The molecule has 1 heterocycles. The summed E-state index contributed by atoms with van der Waals surface area (Å²) in [5.41, 5.74) is 0.639. The van der Waals surface area contributed by atoms with Gasteiger partial charge in [-0.3, -0.25) is 4.79 Å². The van der Waals surface area contributed by atoms with E-state index in [0.29, 0.717) is 11.3 Å². The molecular weight excluding hydrogens is 278 g/mol. The Hall–Kier alpha value is -1.55. The molecule has 0 spiro atoms. The van der Waals surface area contributed by atoms with Crippen molar-refractivity contribution < 1.29 is 14.3 Å². The maximum Gasteiger partial charge on any atom is 0.171 e. The molecule has 0 amide bonds. The Balaban J connectivity index is 2.28. The van der Waals surface area contributed by atoms with Crippen molar-refractivity contribution in [3.05, 3.63) is 23.8 Å². The fourth-order valence-electron chi connectivity index (χ4n) is 2.70. The lowest BCUT2D eigenvalue weighted by atomic mass is 9.90. The molecule has 1 saturated heterocycles. The van der Waals surface area contributed by atoms with E-state index in [1.54, 1.807) is 0 Å². The van der Waals surface area contributed by atoms with Crippen LogP contribution in [0.3, 0.4) is 0 Å². The van der Waals surface area contributed by atoms with E-state index in [1.807, 2.05) is 45.9 Å². The van der Waals surface area contributed by atoms with Crippen LogP contribution in [0.15, 0.2) is 18.2 Å². The highest BCUT2D eigenvalue weighted by atomic mass is 16.5. The zero-order valence-electron chi connectivity index (χ0n) is 14.0. The van der Waals surface area contributed by atoms with Crippen LogP contribution in [0.4, 0.5) is 0 Å². The Bertz CT molecular complexity index is 505. The summed E-state index contributed by atoms with van der Waals surface area (Å²) in [6.07, 6.45) is 2.09. The Labute approximate surface area is 133 Å². The maximum absolute atomic E-state index is 12.9. The molecule has 1 aromatic rings. The average Bonchev–Trinajstić information content (AvgIpc) is 2.48. The third-order valence-electron chi connectivity index (χ3n) is 3.62. The van der Waals surface area contributed by atoms with E-state index in [-0.39, 0.29) is 23.9 Å². The number of rotatable bonds is 6. The van der Waals surface area contributed by atoms with Gasteiger partial charge in [-0.15, -0.1) is 0 Å². The maximum atomic E-state index is 12.9. The van der Waals surface area contributed by atoms with Crippen LogP contribution in [0.1, 0.15) is 50.9 Å². The molecule has 1 aromatic carbocycles. The number of piperidine rings is 1. The first-order chi connectivity index (χ1) is 10.5. The second-order valence-electron chi connectivity index (χ2n) is 6.40. The zero-order valence-corrected chi connectivity index (χ0v) is 14.0. The largest absolute Gasteiger partial charge is 0.491 e. The highest BCUT2D eigenvalue weighted by Gasteiger charge is 2.25. The molecule has 1 fully saturated rings. The van der Waals surface area contributed by atoms with Gasteiger partial charge in [0.1, 0.15) is 11.5 Å². The van der Waals surface area contributed by atoms with E-state index >= 15 is 0 Å². The number of nitrogens with one attached hydrogen (secondary N) is 1. The summed E-state index contributed by atoms with van der Waals surface area (Å²) in [6.45, 7) is 9.63. The normalized spacial score (nSPS) is 18.5. The van der Waals surface area contributed by atoms with E-state index in [4.69, 9.17) is 9.47 Å². The summed E-state index contributed by atoms with van der Waals surface area (Å²) in [4.78, 5) is 12.9. The van der Waals surface area contributed by atoms with Crippen LogP contribution in [0.5, 0.6) is 11.5 Å². The second-order valence-corrected chi connectivity index (χ2v) is 6.40. The molecule has 1 aliphatic heterocycles. The van der Waals surface area contributed by atoms with Gasteiger partial charge in [0.2, 0.25) is 0 Å². The fourth-order valence-corrected chi connectivity index (χ4v) is 2.70. The molecular formula is C18H27NO3. The first kappa shape index (κ1) is 16.8. The number of carbonyl (C=O) groups is 1. The molecule has 122 valence electrons. The van der Waals surface area contributed by atoms with Crippen molar-refractivity contribution in [1.29, 1.82) is 0 Å². The third kappa shape index (κ3) is 4.47. The predicted octanol–water partition coefficient (Wildman–Crippen LogP) is 3.44. The van der Waals surface area contributed by atoms with Gasteiger partial charge < -0.3 is 14.8 Å². The molecule has 4 nitrogen and oxygen atoms in total. The summed E-state index contributed by atoms with van der Waals surface area (Å²) in [7, 11) is 0. The van der Waals surface area contributed by atoms with Gasteiger partial charge in [-0.05, 0) is 65.3 Å². The number of hydrogen-bond acceptors (Lipinski definition) is 4. The number of ether oxygens (including phenoxy) is 2. The topological polar surface area (TPSA) is 47.6 Å². The molecule has 2 rings (SSSR count). The Morgan fingerprint density at radius 1 is 1.18 bits per heavy atom. The second kappa shape index (κ2) is 7.63. The van der Waals surface area contributed by atoms with Crippen molar-refractivity contribution in [1.82, 2.24) is 5.32 Å². The summed E-state index contributed by atoms with van der Waals surface area (Å²) in [5.74, 6) is 1.55. The highest BCUT2D eigenvalue weighted by molar-refractivity contribution is 6.00. The predicted molar refractivity (Wildman–Crippen MR) is 87.9 cm³/mol. The summed E-state index contributed by atoms with van der Waals surface area (Å²) < 4.78 is 11.5. The van der Waals surface area contributed by atoms with Gasteiger partial charge in [0.15, 0.2) is 5.78 Å². The Morgan fingerprint density at radius 3 is 2.50 bits per heavy atom. The molecule has 1 unspecified atom stereocenters. The van der Waals surface area contributed by atoms with Crippen LogP contribution in [-0.2, 0) is 0 Å². The molecule has 1 N–H and O–H groups in total. The fraction of sp³-hybridized carbons (Fsp3) is 0.611. The number of benzene rings is 1. The van der Waals surface area contributed by atoms with Crippen molar-refractivity contribution in [3.8, 4) is 11.5 Å². The van der Waals surface area contributed by atoms with Crippen LogP contribution >= 0.6 is 0 Å². The molecule has 1 atom stereocenters. The minimum atomic E-state index is 0.0255. The standard InChI is InChI=1S/C18H27NO3/c1-12(2)21-15-7-8-17(22-13(3)4)16(10-15)18(20)14-6-5-9-19-11-14/h7-8,10,12-14,19H,5-6,9,11H2,1-4H3. The lowest BCUT2D eigenvalue weighted by molar-refractivity contribution is 0.0893. The number of carbonyl (C=O) groups excluding carboxylic acids is 1. The SMILES string of the molecule is CC(C)Oc1ccc(OC(C)C)c(C(=O)C2CCCNC2)c1. The third-order valence-corrected chi connectivity index (χ3v) is 3.62. The van der Waals surface area contributed by atoms with Gasteiger partial charge in [0, 0.05) is 12.5 Å². The van der Waals surface area contributed by atoms with Gasteiger partial charge in [0.25, 0.3) is 0 Å². The van der Waals surface area contributed by atoms with Crippen LogP contribution in [0.25, 0.3) is 0 Å². The van der Waals surface area contributed by atoms with E-state index in [9.17, 15) is 4.79 Å². The van der Waals surface area contributed by atoms with Crippen molar-refractivity contribution in [2.75, 3.05) is 13.1 Å². The minimum absolute atomic E-state index is 0.0255. The number of Topliss-reactive ketones (excluding diaryl/α,β-unsaturated/α-hetero) is 1. The minimum Gasteiger partial charge on any atom is -0.491 e. The van der Waals surface area contributed by atoms with Gasteiger partial charge in [-0.1, -0.05) is 0 Å². The van der Waals surface area contributed by atoms with Crippen molar-refractivity contribution in [2.45, 2.75) is 52.7 Å². The van der Waals surface area contributed by atoms with Crippen molar-refractivity contribution >= 4 is 5.78 Å². The summed E-state index contributed by atoms with van der Waals surface area (Å²) in [6, 6.07) is 5.55. The van der Waals surface area contributed by atoms with Gasteiger partial charge >= 0.3 is 0 Å². The first-order valence-electron chi connectivity index (χ1n) is 8.19. The zero-order chi connectivity index (χ0) is 16.1. The quantitative estimate of drug-likeness (QED) is 0.818. The molecule has 0 aromatic heterocycles. The first-order valence-corrected chi connectivity index (χ1v) is 8.19. The molecule has 0 aliphatic carbocycles. The van der Waals surface area contributed by atoms with Crippen molar-refractivity contribution in [2.24, 2.45) is 5.92 Å². The Morgan fingerprint density at radius 2 is 1.91 bits per heavy atom. The number of ketones is 1. The van der Waals surface area contributed by atoms with Crippen LogP contribution in [0.2, 0.25) is 0 Å². The van der Waals surface area contributed by atoms with Gasteiger partial charge in [0.05, 0.1) is 17.8 Å². The van der Waals surface area contributed by atoms with Crippen molar-refractivity contribution in [3.63, 3.8) is 0 Å². The molecule has 4 heteroatoms. The average molecular weight is 305 g/mol. The van der Waals surface area contributed by atoms with E-state index < -0.39 is 0 Å². The molecule has 1 aliphatic rings. The molecule has 0 bridgehead atoms. The van der Waals surface area contributed by atoms with Crippen LogP contribution in [0, 0.1) is 5.92 Å². The molecule has 22 heavy (non-hydrogen) atoms. The molecule has 0 radical (unpaired) electrons. The number of hydrogen-bond donors (Lipinski definition) is 1. The lowest BCUT2D eigenvalue weighted by Crippen LogP contribution is -2.34. The van der Waals surface area contributed by atoms with Crippen LogP contribution < -0.4 is 14.8 Å². The monoisotopic (exact) mass is 305 g/mol. The van der Waals surface area contributed by atoms with Crippen LogP contribution in [-0.4, -0.2) is 31.1 Å². The van der Waals surface area contributed by atoms with Gasteiger partial charge in [-0.2, -0.15) is 0 Å². The van der Waals surface area contributed by atoms with Gasteiger partial charge in [-0.25, -0.2) is 0 Å². The molecule has 0 saturated carbocycles. The van der Waals surface area contributed by atoms with E-state index in [1.165, 1.54) is 0 Å². The summed E-state index contributed by atoms with van der Waals surface area (Å²) >= 11 is 0. The van der Waals surface area contributed by atoms with E-state index in [2.05, 4.69) is 5.32 Å². The highest BCUT2D eigenvalue weighted by Crippen LogP contribution is 2.29. The Kier molecular flexibility index (Phi) is 5.83. The summed E-state index contributed by atoms with van der Waals surface area (Å²) in [5, 5.41) is 3.30.